The zero-order chi connectivity index (χ0) is 17.3. The number of hydrogen-bond acceptors (Lipinski definition) is 5. The van der Waals surface area contributed by atoms with Gasteiger partial charge in [-0.1, -0.05) is 18.2 Å². The van der Waals surface area contributed by atoms with E-state index in [0.29, 0.717) is 37.3 Å². The summed E-state index contributed by atoms with van der Waals surface area (Å²) in [6.45, 7) is 1.14. The van der Waals surface area contributed by atoms with Crippen molar-refractivity contribution < 1.29 is 9.50 Å². The quantitative estimate of drug-likeness (QED) is 0.793. The molecule has 1 N–H and O–H groups in total. The molecule has 1 saturated heterocycles. The molecule has 0 saturated carbocycles. The first-order chi connectivity index (χ1) is 12.2. The third-order valence-corrected chi connectivity index (χ3v) is 4.64. The average molecular weight is 339 g/mol. The van der Waals surface area contributed by atoms with Crippen LogP contribution >= 0.6 is 0 Å². The minimum absolute atomic E-state index is 0.362. The Morgan fingerprint density at radius 1 is 1.04 bits per heavy atom. The number of piperidine rings is 1. The first kappa shape index (κ1) is 15.7. The third kappa shape index (κ3) is 2.98. The molecular weight excluding hydrogens is 321 g/mol. The molecule has 1 aliphatic rings. The lowest BCUT2D eigenvalue weighted by atomic mass is 9.84. The fraction of sp³-hybridized carbons (Fsp3) is 0.278. The Balaban J connectivity index is 1.53. The number of rotatable bonds is 3. The van der Waals surface area contributed by atoms with Crippen molar-refractivity contribution >= 4 is 5.82 Å². The molecule has 1 fully saturated rings. The standard InChI is InChI=1S/C18H18FN5O/c19-15-5-2-1-4-14(15)18(25)6-10-23(11-7-18)16-12-20-13-17(22-16)24-9-3-8-21-24/h1-5,8-9,12-13,25H,6-7,10-11H2. The van der Waals surface area contributed by atoms with E-state index in [1.165, 1.54) is 6.07 Å². The van der Waals surface area contributed by atoms with Crippen LogP contribution in [0.1, 0.15) is 18.4 Å². The van der Waals surface area contributed by atoms with Gasteiger partial charge in [0.2, 0.25) is 0 Å². The number of nitrogens with zero attached hydrogens (tertiary/aromatic N) is 5. The number of hydrogen-bond donors (Lipinski definition) is 1. The lowest BCUT2D eigenvalue weighted by Crippen LogP contribution is -2.43. The molecular formula is C18H18FN5O. The van der Waals surface area contributed by atoms with Crippen molar-refractivity contribution in [2.45, 2.75) is 18.4 Å². The smallest absolute Gasteiger partial charge is 0.173 e. The number of anilines is 1. The molecule has 1 aromatic carbocycles. The molecule has 0 spiro atoms. The van der Waals surface area contributed by atoms with Crippen LogP contribution in [0.25, 0.3) is 5.82 Å². The lowest BCUT2D eigenvalue weighted by molar-refractivity contribution is 0.00837. The molecule has 0 bridgehead atoms. The van der Waals surface area contributed by atoms with Gasteiger partial charge < -0.3 is 10.0 Å². The molecule has 128 valence electrons. The van der Waals surface area contributed by atoms with Gasteiger partial charge in [-0.15, -0.1) is 0 Å². The first-order valence-corrected chi connectivity index (χ1v) is 8.20. The Morgan fingerprint density at radius 2 is 1.80 bits per heavy atom. The molecule has 0 radical (unpaired) electrons. The molecule has 3 heterocycles. The van der Waals surface area contributed by atoms with Gasteiger partial charge in [-0.25, -0.2) is 14.1 Å². The second-order valence-electron chi connectivity index (χ2n) is 6.18. The second-order valence-corrected chi connectivity index (χ2v) is 6.18. The van der Waals surface area contributed by atoms with E-state index in [1.807, 2.05) is 6.07 Å². The van der Waals surface area contributed by atoms with Gasteiger partial charge in [0.05, 0.1) is 18.0 Å². The Kier molecular flexibility index (Phi) is 3.93. The van der Waals surface area contributed by atoms with Crippen molar-refractivity contribution in [2.75, 3.05) is 18.0 Å². The maximum atomic E-state index is 14.0. The molecule has 0 amide bonds. The molecule has 0 aliphatic carbocycles. The molecule has 0 unspecified atom stereocenters. The van der Waals surface area contributed by atoms with Crippen molar-refractivity contribution in [3.8, 4) is 5.82 Å². The van der Waals surface area contributed by atoms with Crippen LogP contribution < -0.4 is 4.90 Å². The molecule has 2 aromatic heterocycles. The van der Waals surface area contributed by atoms with Crippen molar-refractivity contribution in [3.63, 3.8) is 0 Å². The average Bonchev–Trinajstić information content (AvgIpc) is 3.17. The Labute approximate surface area is 144 Å². The molecule has 7 heteroatoms. The van der Waals surface area contributed by atoms with E-state index in [2.05, 4.69) is 20.0 Å². The van der Waals surface area contributed by atoms with E-state index in [4.69, 9.17) is 0 Å². The fourth-order valence-electron chi connectivity index (χ4n) is 3.23. The van der Waals surface area contributed by atoms with Crippen LogP contribution in [0.4, 0.5) is 10.2 Å². The normalized spacial score (nSPS) is 16.8. The summed E-state index contributed by atoms with van der Waals surface area (Å²) >= 11 is 0. The van der Waals surface area contributed by atoms with Gasteiger partial charge in [-0.3, -0.25) is 4.98 Å². The summed E-state index contributed by atoms with van der Waals surface area (Å²) in [5.41, 5.74) is -0.777. The van der Waals surface area contributed by atoms with E-state index in [-0.39, 0.29) is 5.82 Å². The van der Waals surface area contributed by atoms with Gasteiger partial charge in [0.25, 0.3) is 0 Å². The molecule has 25 heavy (non-hydrogen) atoms. The van der Waals surface area contributed by atoms with Crippen molar-refractivity contribution in [3.05, 3.63) is 66.5 Å². The van der Waals surface area contributed by atoms with Crippen LogP contribution in [0.3, 0.4) is 0 Å². The van der Waals surface area contributed by atoms with E-state index in [9.17, 15) is 9.50 Å². The summed E-state index contributed by atoms with van der Waals surface area (Å²) in [4.78, 5) is 10.9. The van der Waals surface area contributed by atoms with E-state index < -0.39 is 5.60 Å². The van der Waals surface area contributed by atoms with E-state index in [0.717, 1.165) is 5.82 Å². The largest absolute Gasteiger partial charge is 0.385 e. The maximum absolute atomic E-state index is 14.0. The molecule has 4 rings (SSSR count). The van der Waals surface area contributed by atoms with Crippen molar-refractivity contribution in [1.82, 2.24) is 19.7 Å². The van der Waals surface area contributed by atoms with Gasteiger partial charge in [-0.05, 0) is 25.0 Å². The predicted octanol–water partition coefficient (Wildman–Crippen LogP) is 2.29. The van der Waals surface area contributed by atoms with Gasteiger partial charge in [0.1, 0.15) is 11.6 Å². The zero-order valence-corrected chi connectivity index (χ0v) is 13.6. The molecule has 0 atom stereocenters. The number of halogens is 1. The molecule has 1 aliphatic heterocycles. The highest BCUT2D eigenvalue weighted by Crippen LogP contribution is 2.35. The van der Waals surface area contributed by atoms with E-state index in [1.54, 1.807) is 47.7 Å². The number of aromatic nitrogens is 4. The van der Waals surface area contributed by atoms with E-state index >= 15 is 0 Å². The van der Waals surface area contributed by atoms with Crippen LogP contribution in [-0.4, -0.2) is 37.9 Å². The minimum Gasteiger partial charge on any atom is -0.385 e. The highest BCUT2D eigenvalue weighted by molar-refractivity contribution is 5.41. The van der Waals surface area contributed by atoms with Crippen molar-refractivity contribution in [2.24, 2.45) is 0 Å². The first-order valence-electron chi connectivity index (χ1n) is 8.20. The summed E-state index contributed by atoms with van der Waals surface area (Å²) in [7, 11) is 0. The Morgan fingerprint density at radius 3 is 2.52 bits per heavy atom. The number of benzene rings is 1. The van der Waals surface area contributed by atoms with Crippen LogP contribution in [-0.2, 0) is 5.60 Å². The Hall–Kier alpha value is -2.80. The van der Waals surface area contributed by atoms with Crippen LogP contribution in [0.15, 0.2) is 55.1 Å². The zero-order valence-electron chi connectivity index (χ0n) is 13.6. The monoisotopic (exact) mass is 339 g/mol. The van der Waals surface area contributed by atoms with Crippen LogP contribution in [0.5, 0.6) is 0 Å². The highest BCUT2D eigenvalue weighted by atomic mass is 19.1. The fourth-order valence-corrected chi connectivity index (χ4v) is 3.23. The summed E-state index contributed by atoms with van der Waals surface area (Å²) in [5.74, 6) is 1.000. The van der Waals surface area contributed by atoms with Gasteiger partial charge in [-0.2, -0.15) is 5.10 Å². The summed E-state index contributed by atoms with van der Waals surface area (Å²) < 4.78 is 15.7. The summed E-state index contributed by atoms with van der Waals surface area (Å²) in [6.07, 6.45) is 7.70. The van der Waals surface area contributed by atoms with Gasteiger partial charge in [0.15, 0.2) is 5.82 Å². The summed E-state index contributed by atoms with van der Waals surface area (Å²) in [5, 5.41) is 15.0. The summed E-state index contributed by atoms with van der Waals surface area (Å²) in [6, 6.07) is 8.25. The highest BCUT2D eigenvalue weighted by Gasteiger charge is 2.36. The maximum Gasteiger partial charge on any atom is 0.173 e. The molecule has 3 aromatic rings. The lowest BCUT2D eigenvalue weighted by Gasteiger charge is -2.39. The predicted molar refractivity (Wildman–Crippen MR) is 90.9 cm³/mol. The number of aliphatic hydroxyl groups is 1. The van der Waals surface area contributed by atoms with Crippen molar-refractivity contribution in [1.29, 1.82) is 0 Å². The topological polar surface area (TPSA) is 67.1 Å². The van der Waals surface area contributed by atoms with Gasteiger partial charge in [0, 0.05) is 31.0 Å². The minimum atomic E-state index is -1.14. The Bertz CT molecular complexity index is 859. The van der Waals surface area contributed by atoms with Gasteiger partial charge >= 0.3 is 0 Å². The van der Waals surface area contributed by atoms with Crippen LogP contribution in [0.2, 0.25) is 0 Å². The third-order valence-electron chi connectivity index (χ3n) is 4.64. The SMILES string of the molecule is OC1(c2ccccc2F)CCN(c2cncc(-n3cccn3)n2)CC1. The van der Waals surface area contributed by atoms with Crippen LogP contribution in [0, 0.1) is 5.82 Å². The second kappa shape index (κ2) is 6.25. The molecule has 6 nitrogen and oxygen atoms in total.